The number of rotatable bonds is 5. The zero-order chi connectivity index (χ0) is 18.9. The summed E-state index contributed by atoms with van der Waals surface area (Å²) in [4.78, 5) is 14.1. The van der Waals surface area contributed by atoms with Gasteiger partial charge in [0.15, 0.2) is 4.91 Å². The number of allylic oxidation sites excluding steroid dienone is 1. The van der Waals surface area contributed by atoms with E-state index in [0.717, 1.165) is 10.4 Å². The van der Waals surface area contributed by atoms with Gasteiger partial charge in [-0.05, 0) is 28.5 Å². The minimum Gasteiger partial charge on any atom is -0.385 e. The number of carbonyl (C=O) groups excluding carboxylic acids is 1. The third kappa shape index (κ3) is 3.43. The number of Topliss-reactive ketones (excluding diaryl/α,β-unsaturated/α-hetero) is 1. The van der Waals surface area contributed by atoms with Crippen molar-refractivity contribution in [2.24, 2.45) is 0 Å². The van der Waals surface area contributed by atoms with Gasteiger partial charge in [-0.3, -0.25) is 9.10 Å². The molecule has 0 radical (unpaired) electrons. The smallest absolute Gasteiger partial charge is 0.270 e. The predicted octanol–water partition coefficient (Wildman–Crippen LogP) is 3.97. The number of carbonyl (C=O) groups is 1. The lowest BCUT2D eigenvalue weighted by Gasteiger charge is -2.29. The molecule has 0 fully saturated rings. The van der Waals surface area contributed by atoms with Gasteiger partial charge in [0.2, 0.25) is 5.78 Å². The Morgan fingerprint density at radius 3 is 2.56 bits per heavy atom. The van der Waals surface area contributed by atoms with Crippen molar-refractivity contribution < 1.29 is 13.2 Å². The second kappa shape index (κ2) is 7.30. The van der Waals surface area contributed by atoms with Gasteiger partial charge >= 0.3 is 0 Å². The number of fused-ring (bicyclic) bond motifs is 1. The first kappa shape index (κ1) is 18.0. The Morgan fingerprint density at radius 1 is 1.00 bits per heavy atom. The summed E-state index contributed by atoms with van der Waals surface area (Å²) < 4.78 is 27.7. The molecule has 0 spiro atoms. The Morgan fingerprint density at radius 2 is 1.81 bits per heavy atom. The number of sulfonamides is 1. The first-order valence-electron chi connectivity index (χ1n) is 8.22. The Balaban J connectivity index is 1.69. The van der Waals surface area contributed by atoms with Crippen molar-refractivity contribution in [2.75, 3.05) is 4.31 Å². The van der Waals surface area contributed by atoms with E-state index in [0.29, 0.717) is 17.1 Å². The number of hydrogen-bond donors (Lipinski definition) is 1. The summed E-state index contributed by atoms with van der Waals surface area (Å²) in [6.45, 7) is 0.655. The van der Waals surface area contributed by atoms with E-state index in [2.05, 4.69) is 5.32 Å². The fourth-order valence-electron chi connectivity index (χ4n) is 2.86. The number of anilines is 1. The van der Waals surface area contributed by atoms with E-state index in [9.17, 15) is 13.2 Å². The molecule has 8 heteroatoms. The SMILES string of the molecule is O=C1/C(=C/NCc2cccs2)S(=O)(=O)N(Cc2ccccc2)c2ccsc21. The first-order chi connectivity index (χ1) is 13.1. The van der Waals surface area contributed by atoms with Crippen LogP contribution in [0.4, 0.5) is 5.69 Å². The second-order valence-electron chi connectivity index (χ2n) is 5.93. The highest BCUT2D eigenvalue weighted by atomic mass is 32.2. The number of hydrogen-bond acceptors (Lipinski definition) is 6. The Bertz CT molecular complexity index is 1080. The van der Waals surface area contributed by atoms with Gasteiger partial charge in [0, 0.05) is 17.6 Å². The van der Waals surface area contributed by atoms with Crippen molar-refractivity contribution in [3.63, 3.8) is 0 Å². The lowest BCUT2D eigenvalue weighted by molar-refractivity contribution is 0.104. The van der Waals surface area contributed by atoms with Gasteiger partial charge in [0.05, 0.1) is 12.2 Å². The van der Waals surface area contributed by atoms with Crippen LogP contribution in [0.15, 0.2) is 70.4 Å². The highest BCUT2D eigenvalue weighted by molar-refractivity contribution is 7.97. The van der Waals surface area contributed by atoms with Crippen molar-refractivity contribution in [3.05, 3.63) is 85.7 Å². The minimum absolute atomic E-state index is 0.183. The molecule has 3 heterocycles. The van der Waals surface area contributed by atoms with Gasteiger partial charge < -0.3 is 5.32 Å². The van der Waals surface area contributed by atoms with Gasteiger partial charge in [0.1, 0.15) is 4.88 Å². The standard InChI is InChI=1S/C19H16N2O3S3/c22-18-17(12-20-11-15-7-4-9-25-15)27(23,24)21(16-8-10-26-19(16)18)13-14-5-2-1-3-6-14/h1-10,12,20H,11,13H2/b17-12-. The lowest BCUT2D eigenvalue weighted by Crippen LogP contribution is -2.38. The summed E-state index contributed by atoms with van der Waals surface area (Å²) in [5.41, 5.74) is 1.31. The molecule has 1 aliphatic rings. The number of benzene rings is 1. The maximum atomic E-state index is 13.2. The van der Waals surface area contributed by atoms with Crippen LogP contribution in [0.3, 0.4) is 0 Å². The molecule has 1 N–H and O–H groups in total. The molecule has 0 saturated heterocycles. The van der Waals surface area contributed by atoms with Gasteiger partial charge in [-0.1, -0.05) is 36.4 Å². The molecule has 0 aliphatic carbocycles. The average Bonchev–Trinajstić information content (AvgIpc) is 3.34. The van der Waals surface area contributed by atoms with Gasteiger partial charge in [-0.15, -0.1) is 22.7 Å². The van der Waals surface area contributed by atoms with E-state index in [4.69, 9.17) is 0 Å². The zero-order valence-electron chi connectivity index (χ0n) is 14.2. The van der Waals surface area contributed by atoms with Crippen LogP contribution in [0, 0.1) is 0 Å². The van der Waals surface area contributed by atoms with E-state index < -0.39 is 15.8 Å². The first-order valence-corrected chi connectivity index (χ1v) is 11.4. The Kier molecular flexibility index (Phi) is 4.86. The maximum Gasteiger partial charge on any atom is 0.270 e. The van der Waals surface area contributed by atoms with E-state index in [1.54, 1.807) is 22.8 Å². The molecule has 1 aliphatic heterocycles. The topological polar surface area (TPSA) is 66.5 Å². The van der Waals surface area contributed by atoms with Gasteiger partial charge in [-0.2, -0.15) is 0 Å². The third-order valence-electron chi connectivity index (χ3n) is 4.17. The Hall–Kier alpha value is -2.42. The highest BCUT2D eigenvalue weighted by Crippen LogP contribution is 2.39. The predicted molar refractivity (Wildman–Crippen MR) is 109 cm³/mol. The van der Waals surface area contributed by atoms with Crippen molar-refractivity contribution in [3.8, 4) is 0 Å². The van der Waals surface area contributed by atoms with Crippen LogP contribution in [0.5, 0.6) is 0 Å². The summed E-state index contributed by atoms with van der Waals surface area (Å²) in [6.07, 6.45) is 1.33. The molecular weight excluding hydrogens is 400 g/mol. The van der Waals surface area contributed by atoms with Gasteiger partial charge in [-0.25, -0.2) is 8.42 Å². The largest absolute Gasteiger partial charge is 0.385 e. The molecule has 0 saturated carbocycles. The van der Waals surface area contributed by atoms with E-state index in [1.807, 2.05) is 47.8 Å². The summed E-state index contributed by atoms with van der Waals surface area (Å²) >= 11 is 2.83. The van der Waals surface area contributed by atoms with Crippen LogP contribution in [0.25, 0.3) is 0 Å². The zero-order valence-corrected chi connectivity index (χ0v) is 16.6. The van der Waals surface area contributed by atoms with Crippen molar-refractivity contribution >= 4 is 44.2 Å². The second-order valence-corrected chi connectivity index (χ2v) is 9.71. The molecular formula is C19H16N2O3S3. The molecule has 0 amide bonds. The fourth-order valence-corrected chi connectivity index (χ4v) is 6.03. The summed E-state index contributed by atoms with van der Waals surface area (Å²) in [7, 11) is -3.94. The molecule has 2 aromatic heterocycles. The highest BCUT2D eigenvalue weighted by Gasteiger charge is 2.41. The maximum absolute atomic E-state index is 13.2. The third-order valence-corrected chi connectivity index (χ3v) is 7.71. The summed E-state index contributed by atoms with van der Waals surface area (Å²) in [5.74, 6) is -0.456. The minimum atomic E-state index is -3.94. The van der Waals surface area contributed by atoms with E-state index in [1.165, 1.54) is 21.8 Å². The van der Waals surface area contributed by atoms with Crippen LogP contribution < -0.4 is 9.62 Å². The molecule has 4 rings (SSSR count). The Labute approximate surface area is 165 Å². The van der Waals surface area contributed by atoms with E-state index in [-0.39, 0.29) is 11.4 Å². The van der Waals surface area contributed by atoms with Crippen molar-refractivity contribution in [2.45, 2.75) is 13.1 Å². The van der Waals surface area contributed by atoms with Crippen LogP contribution in [0.1, 0.15) is 20.1 Å². The van der Waals surface area contributed by atoms with E-state index >= 15 is 0 Å². The van der Waals surface area contributed by atoms with Crippen LogP contribution in [-0.2, 0) is 23.1 Å². The number of nitrogens with one attached hydrogen (secondary N) is 1. The van der Waals surface area contributed by atoms with Crippen molar-refractivity contribution in [1.29, 1.82) is 0 Å². The molecule has 0 unspecified atom stereocenters. The number of ketones is 1. The quantitative estimate of drug-likeness (QED) is 0.639. The number of thiophene rings is 2. The molecule has 27 heavy (non-hydrogen) atoms. The monoisotopic (exact) mass is 416 g/mol. The summed E-state index contributed by atoms with van der Waals surface area (Å²) in [6, 6.07) is 14.9. The molecule has 0 bridgehead atoms. The molecule has 138 valence electrons. The molecule has 1 aromatic carbocycles. The summed E-state index contributed by atoms with van der Waals surface area (Å²) in [5, 5.41) is 6.68. The number of nitrogens with zero attached hydrogens (tertiary/aromatic N) is 1. The van der Waals surface area contributed by atoms with Crippen LogP contribution in [0.2, 0.25) is 0 Å². The fraction of sp³-hybridized carbons (Fsp3) is 0.105. The molecule has 3 aromatic rings. The van der Waals surface area contributed by atoms with Crippen LogP contribution >= 0.6 is 22.7 Å². The van der Waals surface area contributed by atoms with Gasteiger partial charge in [0.25, 0.3) is 10.0 Å². The lowest BCUT2D eigenvalue weighted by atomic mass is 10.2. The molecule has 5 nitrogen and oxygen atoms in total. The van der Waals surface area contributed by atoms with Crippen molar-refractivity contribution in [1.82, 2.24) is 5.32 Å². The molecule has 0 atom stereocenters. The van der Waals surface area contributed by atoms with Crippen LogP contribution in [-0.4, -0.2) is 14.2 Å². The normalized spacial score (nSPS) is 17.1. The average molecular weight is 417 g/mol.